The molecule has 0 radical (unpaired) electrons. The molecule has 3 rings (SSSR count). The average Bonchev–Trinajstić information content (AvgIpc) is 2.79. The Kier molecular flexibility index (Phi) is 9.11. The first-order valence-corrected chi connectivity index (χ1v) is 13.0. The lowest BCUT2D eigenvalue weighted by Crippen LogP contribution is -2.52. The van der Waals surface area contributed by atoms with Gasteiger partial charge >= 0.3 is 0 Å². The van der Waals surface area contributed by atoms with Crippen LogP contribution in [0, 0.1) is 13.8 Å². The van der Waals surface area contributed by atoms with Crippen molar-refractivity contribution in [3.05, 3.63) is 23.3 Å². The van der Waals surface area contributed by atoms with Crippen LogP contribution in [-0.4, -0.2) is 107 Å². The Balaban J connectivity index is 1.61. The number of aryl methyl sites for hydroxylation is 2. The fourth-order valence-corrected chi connectivity index (χ4v) is 6.55. The predicted molar refractivity (Wildman–Crippen MR) is 125 cm³/mol. The second kappa shape index (κ2) is 11.6. The maximum absolute atomic E-state index is 13.6. The summed E-state index contributed by atoms with van der Waals surface area (Å²) >= 11 is 0. The second-order valence-corrected chi connectivity index (χ2v) is 10.5. The Morgan fingerprint density at radius 3 is 2.39 bits per heavy atom. The third kappa shape index (κ3) is 6.24. The Morgan fingerprint density at radius 2 is 1.79 bits per heavy atom. The van der Waals surface area contributed by atoms with Crippen LogP contribution in [0.3, 0.4) is 0 Å². The minimum atomic E-state index is -3.76. The second-order valence-electron chi connectivity index (χ2n) is 8.67. The van der Waals surface area contributed by atoms with Gasteiger partial charge in [0.15, 0.2) is 0 Å². The van der Waals surface area contributed by atoms with E-state index in [1.54, 1.807) is 33.1 Å². The molecular formula is C23H37N3O6S. The summed E-state index contributed by atoms with van der Waals surface area (Å²) in [6.07, 6.45) is 1.11. The van der Waals surface area contributed by atoms with Crippen molar-refractivity contribution in [2.24, 2.45) is 0 Å². The monoisotopic (exact) mass is 483 g/mol. The number of methoxy groups -OCH3 is 1. The lowest BCUT2D eigenvalue weighted by atomic mass is 10.1. The Labute approximate surface area is 197 Å². The smallest absolute Gasteiger partial charge is 0.248 e. The molecule has 0 saturated carbocycles. The maximum Gasteiger partial charge on any atom is 0.248 e. The van der Waals surface area contributed by atoms with Crippen LogP contribution in [0.25, 0.3) is 0 Å². The summed E-state index contributed by atoms with van der Waals surface area (Å²) in [5, 5.41) is 0. The number of carbonyl (C=O) groups excluding carboxylic acids is 1. The molecule has 1 aromatic rings. The zero-order valence-electron chi connectivity index (χ0n) is 20.2. The summed E-state index contributed by atoms with van der Waals surface area (Å²) in [4.78, 5) is 17.0. The van der Waals surface area contributed by atoms with Crippen molar-refractivity contribution in [2.75, 3.05) is 72.8 Å². The number of hydrogen-bond acceptors (Lipinski definition) is 7. The van der Waals surface area contributed by atoms with Crippen LogP contribution in [0.2, 0.25) is 0 Å². The van der Waals surface area contributed by atoms with Gasteiger partial charge in [0.2, 0.25) is 15.9 Å². The van der Waals surface area contributed by atoms with E-state index in [-0.39, 0.29) is 37.2 Å². The molecule has 2 saturated heterocycles. The lowest BCUT2D eigenvalue weighted by molar-refractivity contribution is -0.138. The van der Waals surface area contributed by atoms with E-state index in [9.17, 15) is 13.2 Å². The minimum Gasteiger partial charge on any atom is -0.497 e. The van der Waals surface area contributed by atoms with Crippen molar-refractivity contribution < 1.29 is 27.4 Å². The van der Waals surface area contributed by atoms with Gasteiger partial charge in [0, 0.05) is 32.7 Å². The summed E-state index contributed by atoms with van der Waals surface area (Å²) in [6.45, 7) is 10.8. The number of piperazine rings is 1. The highest BCUT2D eigenvalue weighted by Gasteiger charge is 2.36. The van der Waals surface area contributed by atoms with E-state index in [4.69, 9.17) is 14.2 Å². The van der Waals surface area contributed by atoms with Gasteiger partial charge in [-0.05, 0) is 50.1 Å². The summed E-state index contributed by atoms with van der Waals surface area (Å²) in [5.41, 5.74) is 1.27. The molecule has 2 heterocycles. The summed E-state index contributed by atoms with van der Waals surface area (Å²) in [5.74, 6) is 0.568. The molecule has 0 aromatic heterocycles. The molecule has 9 nitrogen and oxygen atoms in total. The van der Waals surface area contributed by atoms with Gasteiger partial charge in [-0.25, -0.2) is 8.42 Å². The first kappa shape index (κ1) is 25.9. The van der Waals surface area contributed by atoms with E-state index < -0.39 is 16.1 Å². The maximum atomic E-state index is 13.6. The zero-order chi connectivity index (χ0) is 24.0. The molecule has 0 N–H and O–H groups in total. The Bertz CT molecular complexity index is 892. The fraction of sp³-hybridized carbons (Fsp3) is 0.696. The van der Waals surface area contributed by atoms with Crippen LogP contribution < -0.4 is 4.74 Å². The third-order valence-electron chi connectivity index (χ3n) is 6.21. The number of nitrogens with zero attached hydrogens (tertiary/aromatic N) is 3. The molecule has 1 atom stereocenters. The SMILES string of the molecule is CCCN1CCN(C(=O)COC[C@@H]2COCCN2S(=O)(=O)c2c(C)cc(OC)cc2C)CC1. The molecule has 10 heteroatoms. The van der Waals surface area contributed by atoms with E-state index >= 15 is 0 Å². The molecule has 2 fully saturated rings. The van der Waals surface area contributed by atoms with Gasteiger partial charge in [-0.2, -0.15) is 4.31 Å². The largest absolute Gasteiger partial charge is 0.497 e. The summed E-state index contributed by atoms with van der Waals surface area (Å²) < 4.78 is 45.1. The van der Waals surface area contributed by atoms with Crippen molar-refractivity contribution >= 4 is 15.9 Å². The van der Waals surface area contributed by atoms with Crippen molar-refractivity contribution in [3.63, 3.8) is 0 Å². The van der Waals surface area contributed by atoms with Gasteiger partial charge in [-0.1, -0.05) is 6.92 Å². The minimum absolute atomic E-state index is 0.0564. The van der Waals surface area contributed by atoms with Crippen LogP contribution in [0.1, 0.15) is 24.5 Å². The molecule has 0 spiro atoms. The molecule has 0 aliphatic carbocycles. The van der Waals surface area contributed by atoms with Crippen LogP contribution in [0.15, 0.2) is 17.0 Å². The highest BCUT2D eigenvalue weighted by molar-refractivity contribution is 7.89. The number of amides is 1. The molecular weight excluding hydrogens is 446 g/mol. The van der Waals surface area contributed by atoms with Crippen molar-refractivity contribution in [1.29, 1.82) is 0 Å². The molecule has 33 heavy (non-hydrogen) atoms. The molecule has 2 aliphatic heterocycles. The predicted octanol–water partition coefficient (Wildman–Crippen LogP) is 1.27. The van der Waals surface area contributed by atoms with E-state index in [0.717, 1.165) is 26.1 Å². The van der Waals surface area contributed by atoms with Gasteiger partial charge in [-0.3, -0.25) is 9.69 Å². The topological polar surface area (TPSA) is 88.6 Å². The number of hydrogen-bond donors (Lipinski definition) is 0. The molecule has 2 aliphatic rings. The normalized spacial score (nSPS) is 20.7. The Morgan fingerprint density at radius 1 is 1.12 bits per heavy atom. The van der Waals surface area contributed by atoms with Gasteiger partial charge in [-0.15, -0.1) is 0 Å². The highest BCUT2D eigenvalue weighted by atomic mass is 32.2. The van der Waals surface area contributed by atoms with E-state index in [0.29, 0.717) is 36.6 Å². The van der Waals surface area contributed by atoms with E-state index in [1.165, 1.54) is 4.31 Å². The van der Waals surface area contributed by atoms with Crippen LogP contribution in [0.5, 0.6) is 5.75 Å². The van der Waals surface area contributed by atoms with Crippen LogP contribution >= 0.6 is 0 Å². The highest BCUT2D eigenvalue weighted by Crippen LogP contribution is 2.30. The fourth-order valence-electron chi connectivity index (χ4n) is 4.55. The average molecular weight is 484 g/mol. The van der Waals surface area contributed by atoms with E-state index in [1.807, 2.05) is 4.90 Å². The van der Waals surface area contributed by atoms with Gasteiger partial charge in [0.25, 0.3) is 0 Å². The van der Waals surface area contributed by atoms with Crippen molar-refractivity contribution in [1.82, 2.24) is 14.1 Å². The number of benzene rings is 1. The van der Waals surface area contributed by atoms with E-state index in [2.05, 4.69) is 11.8 Å². The number of ether oxygens (including phenoxy) is 3. The quantitative estimate of drug-likeness (QED) is 0.523. The Hall–Kier alpha value is -1.72. The van der Waals surface area contributed by atoms with Crippen LogP contribution in [-0.2, 0) is 24.3 Å². The standard InChI is InChI=1S/C23H37N3O6S/c1-5-6-24-7-9-25(10-8-24)22(27)17-32-16-20-15-31-12-11-26(20)33(28,29)23-18(2)13-21(30-4)14-19(23)3/h13-14,20H,5-12,15-17H2,1-4H3/t20-/m0/s1. The number of carbonyl (C=O) groups is 1. The van der Waals surface area contributed by atoms with Crippen molar-refractivity contribution in [3.8, 4) is 5.75 Å². The number of sulfonamides is 1. The van der Waals surface area contributed by atoms with Gasteiger partial charge in [0.05, 0.1) is 37.9 Å². The van der Waals surface area contributed by atoms with Gasteiger partial charge in [0.1, 0.15) is 12.4 Å². The number of morpholine rings is 1. The zero-order valence-corrected chi connectivity index (χ0v) is 21.0. The number of rotatable bonds is 9. The molecule has 186 valence electrons. The summed E-state index contributed by atoms with van der Waals surface area (Å²) in [6, 6.07) is 2.97. The molecule has 1 aromatic carbocycles. The van der Waals surface area contributed by atoms with Crippen molar-refractivity contribution in [2.45, 2.75) is 38.1 Å². The molecule has 0 unspecified atom stereocenters. The third-order valence-corrected chi connectivity index (χ3v) is 8.47. The van der Waals surface area contributed by atoms with Gasteiger partial charge < -0.3 is 19.1 Å². The first-order valence-electron chi connectivity index (χ1n) is 11.6. The van der Waals surface area contributed by atoms with Crippen LogP contribution in [0.4, 0.5) is 0 Å². The lowest BCUT2D eigenvalue weighted by Gasteiger charge is -2.36. The molecule has 0 bridgehead atoms. The molecule has 1 amide bonds. The summed E-state index contributed by atoms with van der Waals surface area (Å²) in [7, 11) is -2.20. The first-order chi connectivity index (χ1) is 15.8.